The molecule has 160 valence electrons. The third-order valence-corrected chi connectivity index (χ3v) is 5.75. The van der Waals surface area contributed by atoms with E-state index in [9.17, 15) is 19.7 Å². The molecule has 10 heteroatoms. The summed E-state index contributed by atoms with van der Waals surface area (Å²) in [7, 11) is 1.31. The van der Waals surface area contributed by atoms with Crippen LogP contribution >= 0.6 is 11.3 Å². The van der Waals surface area contributed by atoms with Gasteiger partial charge in [-0.1, -0.05) is 0 Å². The molecule has 2 aromatic rings. The summed E-state index contributed by atoms with van der Waals surface area (Å²) in [6.45, 7) is 6.08. The first-order chi connectivity index (χ1) is 14.2. The molecule has 2 heterocycles. The minimum absolute atomic E-state index is 0.0507. The van der Waals surface area contributed by atoms with Crippen molar-refractivity contribution in [1.29, 1.82) is 0 Å². The van der Waals surface area contributed by atoms with Crippen molar-refractivity contribution in [1.82, 2.24) is 0 Å². The number of anilines is 1. The summed E-state index contributed by atoms with van der Waals surface area (Å²) >= 11 is 1.24. The van der Waals surface area contributed by atoms with Crippen LogP contribution in [0.4, 0.5) is 10.7 Å². The number of amides is 1. The second-order valence-electron chi connectivity index (χ2n) is 7.25. The molecule has 0 unspecified atom stereocenters. The maximum Gasteiger partial charge on any atom is 0.341 e. The average Bonchev–Trinajstić information content (AvgIpc) is 3.03. The molecule has 0 saturated carbocycles. The molecular formula is C20H22N2O7S. The number of methoxy groups -OCH3 is 1. The van der Waals surface area contributed by atoms with E-state index < -0.39 is 22.4 Å². The van der Waals surface area contributed by atoms with E-state index in [4.69, 9.17) is 14.2 Å². The van der Waals surface area contributed by atoms with Gasteiger partial charge in [0.1, 0.15) is 5.00 Å². The number of nitrogens with zero attached hydrogens (tertiary/aromatic N) is 1. The van der Waals surface area contributed by atoms with E-state index in [-0.39, 0.29) is 23.6 Å². The van der Waals surface area contributed by atoms with Crippen LogP contribution in [0.1, 0.15) is 51.9 Å². The van der Waals surface area contributed by atoms with Crippen LogP contribution in [0.25, 0.3) is 0 Å². The van der Waals surface area contributed by atoms with E-state index in [0.29, 0.717) is 23.6 Å². The Morgan fingerprint density at radius 1 is 1.37 bits per heavy atom. The van der Waals surface area contributed by atoms with Gasteiger partial charge < -0.3 is 19.5 Å². The van der Waals surface area contributed by atoms with Crippen LogP contribution in [0.3, 0.4) is 0 Å². The number of esters is 1. The third-order valence-electron chi connectivity index (χ3n) is 4.63. The van der Waals surface area contributed by atoms with Gasteiger partial charge >= 0.3 is 11.7 Å². The minimum Gasteiger partial charge on any atom is -0.490 e. The smallest absolute Gasteiger partial charge is 0.341 e. The average molecular weight is 434 g/mol. The fourth-order valence-corrected chi connectivity index (χ4v) is 4.32. The predicted molar refractivity (Wildman–Crippen MR) is 110 cm³/mol. The molecule has 0 aliphatic carbocycles. The number of rotatable bonds is 6. The molecule has 1 aromatic carbocycles. The van der Waals surface area contributed by atoms with Gasteiger partial charge in [-0.15, -0.1) is 11.3 Å². The SMILES string of the molecule is CCOC(=O)c1c(NC(=O)c2ccc(OC)c([N+](=O)[O-])c2)sc2c1CC(C)(C)OC2. The molecular weight excluding hydrogens is 412 g/mol. The van der Waals surface area contributed by atoms with E-state index in [1.54, 1.807) is 6.92 Å². The second-order valence-corrected chi connectivity index (χ2v) is 8.36. The highest BCUT2D eigenvalue weighted by Crippen LogP contribution is 2.41. The Labute approximate surface area is 177 Å². The van der Waals surface area contributed by atoms with E-state index in [2.05, 4.69) is 5.32 Å². The Bertz CT molecular complexity index is 1010. The number of nitro groups is 1. The van der Waals surface area contributed by atoms with Crippen molar-refractivity contribution in [2.45, 2.75) is 39.4 Å². The number of hydrogen-bond donors (Lipinski definition) is 1. The lowest BCUT2D eigenvalue weighted by molar-refractivity contribution is -0.385. The Kier molecular flexibility index (Phi) is 6.09. The van der Waals surface area contributed by atoms with Gasteiger partial charge in [0.05, 0.1) is 36.4 Å². The molecule has 1 aliphatic rings. The molecule has 3 rings (SSSR count). The second kappa shape index (κ2) is 8.41. The van der Waals surface area contributed by atoms with Crippen molar-refractivity contribution in [3.8, 4) is 5.75 Å². The van der Waals surface area contributed by atoms with Crippen LogP contribution in [0.5, 0.6) is 5.75 Å². The van der Waals surface area contributed by atoms with Crippen LogP contribution in [0, 0.1) is 10.1 Å². The fourth-order valence-electron chi connectivity index (χ4n) is 3.21. The van der Waals surface area contributed by atoms with Crippen molar-refractivity contribution in [3.05, 3.63) is 49.9 Å². The molecule has 9 nitrogen and oxygen atoms in total. The summed E-state index contributed by atoms with van der Waals surface area (Å²) < 4.78 is 16.0. The Morgan fingerprint density at radius 3 is 2.73 bits per heavy atom. The van der Waals surface area contributed by atoms with Gasteiger partial charge in [-0.05, 0) is 38.5 Å². The van der Waals surface area contributed by atoms with Crippen LogP contribution in [-0.4, -0.2) is 36.1 Å². The number of benzene rings is 1. The van der Waals surface area contributed by atoms with Gasteiger partial charge in [-0.2, -0.15) is 0 Å². The molecule has 0 bridgehead atoms. The topological polar surface area (TPSA) is 117 Å². The lowest BCUT2D eigenvalue weighted by Gasteiger charge is -2.30. The van der Waals surface area contributed by atoms with Gasteiger partial charge in [-0.25, -0.2) is 4.79 Å². The number of carbonyl (C=O) groups excluding carboxylic acids is 2. The van der Waals surface area contributed by atoms with E-state index in [0.717, 1.165) is 16.5 Å². The Morgan fingerprint density at radius 2 is 2.10 bits per heavy atom. The zero-order valence-corrected chi connectivity index (χ0v) is 17.9. The first kappa shape index (κ1) is 21.7. The number of thiophene rings is 1. The quantitative estimate of drug-likeness (QED) is 0.416. The Hall–Kier alpha value is -2.98. The molecule has 0 radical (unpaired) electrons. The number of carbonyl (C=O) groups is 2. The predicted octanol–water partition coefficient (Wildman–Crippen LogP) is 3.95. The lowest BCUT2D eigenvalue weighted by atomic mass is 9.93. The normalized spacial score (nSPS) is 14.5. The van der Waals surface area contributed by atoms with Crippen molar-refractivity contribution in [2.75, 3.05) is 19.0 Å². The summed E-state index contributed by atoms with van der Waals surface area (Å²) in [6.07, 6.45) is 0.497. The molecule has 1 aromatic heterocycles. The lowest BCUT2D eigenvalue weighted by Crippen LogP contribution is -2.32. The summed E-state index contributed by atoms with van der Waals surface area (Å²) in [4.78, 5) is 36.9. The highest BCUT2D eigenvalue weighted by atomic mass is 32.1. The zero-order valence-electron chi connectivity index (χ0n) is 17.1. The molecule has 1 amide bonds. The number of hydrogen-bond acceptors (Lipinski definition) is 8. The molecule has 1 aliphatic heterocycles. The molecule has 0 spiro atoms. The maximum absolute atomic E-state index is 12.8. The van der Waals surface area contributed by atoms with Gasteiger partial charge in [0.25, 0.3) is 5.91 Å². The number of ether oxygens (including phenoxy) is 3. The van der Waals surface area contributed by atoms with Crippen LogP contribution in [0.15, 0.2) is 18.2 Å². The third kappa shape index (κ3) is 4.29. The first-order valence-electron chi connectivity index (χ1n) is 9.26. The standard InChI is InChI=1S/C20H22N2O7S/c1-5-28-19(24)16-12-9-20(2,3)29-10-15(12)30-18(16)21-17(23)11-6-7-14(27-4)13(8-11)22(25)26/h6-8H,5,9-10H2,1-4H3,(H,21,23). The van der Waals surface area contributed by atoms with Crippen molar-refractivity contribution in [3.63, 3.8) is 0 Å². The van der Waals surface area contributed by atoms with Gasteiger partial charge in [0.15, 0.2) is 5.75 Å². The maximum atomic E-state index is 12.8. The molecule has 0 atom stereocenters. The summed E-state index contributed by atoms with van der Waals surface area (Å²) in [5.41, 5.74) is 0.402. The summed E-state index contributed by atoms with van der Waals surface area (Å²) in [6, 6.07) is 3.91. The summed E-state index contributed by atoms with van der Waals surface area (Å²) in [5, 5.41) is 14.3. The number of nitrogens with one attached hydrogen (secondary N) is 1. The highest BCUT2D eigenvalue weighted by molar-refractivity contribution is 7.17. The molecule has 0 saturated heterocycles. The number of fused-ring (bicyclic) bond motifs is 1. The number of nitro benzene ring substituents is 1. The van der Waals surface area contributed by atoms with E-state index in [1.165, 1.54) is 30.6 Å². The van der Waals surface area contributed by atoms with Crippen molar-refractivity contribution in [2.24, 2.45) is 0 Å². The van der Waals surface area contributed by atoms with Crippen LogP contribution < -0.4 is 10.1 Å². The van der Waals surface area contributed by atoms with Gasteiger partial charge in [-0.3, -0.25) is 14.9 Å². The molecule has 0 fully saturated rings. The van der Waals surface area contributed by atoms with Crippen molar-refractivity contribution >= 4 is 33.9 Å². The fraction of sp³-hybridized carbons (Fsp3) is 0.400. The Balaban J connectivity index is 1.98. The zero-order chi connectivity index (χ0) is 22.1. The highest BCUT2D eigenvalue weighted by Gasteiger charge is 2.34. The first-order valence-corrected chi connectivity index (χ1v) is 10.1. The van der Waals surface area contributed by atoms with Crippen LogP contribution in [0.2, 0.25) is 0 Å². The molecule has 1 N–H and O–H groups in total. The summed E-state index contributed by atoms with van der Waals surface area (Å²) in [5.74, 6) is -1.05. The van der Waals surface area contributed by atoms with Crippen molar-refractivity contribution < 1.29 is 28.7 Å². The van der Waals surface area contributed by atoms with E-state index in [1.807, 2.05) is 13.8 Å². The van der Waals surface area contributed by atoms with Gasteiger partial charge in [0, 0.05) is 22.9 Å². The monoisotopic (exact) mass is 434 g/mol. The minimum atomic E-state index is -0.622. The van der Waals surface area contributed by atoms with Crippen LogP contribution in [-0.2, 0) is 22.5 Å². The largest absolute Gasteiger partial charge is 0.490 e. The van der Waals surface area contributed by atoms with E-state index >= 15 is 0 Å². The van der Waals surface area contributed by atoms with Gasteiger partial charge in [0.2, 0.25) is 0 Å². The molecule has 30 heavy (non-hydrogen) atoms.